The predicted molar refractivity (Wildman–Crippen MR) is 117 cm³/mol. The van der Waals surface area contributed by atoms with E-state index in [2.05, 4.69) is 27.6 Å². The van der Waals surface area contributed by atoms with Gasteiger partial charge in [0.25, 0.3) is 0 Å². The number of benzene rings is 3. The molecule has 0 saturated carbocycles. The number of piperazine rings is 1. The Morgan fingerprint density at radius 1 is 0.828 bits per heavy atom. The highest BCUT2D eigenvalue weighted by atomic mass is 32.2. The van der Waals surface area contributed by atoms with Gasteiger partial charge in [-0.05, 0) is 41.1 Å². The van der Waals surface area contributed by atoms with E-state index >= 15 is 0 Å². The number of likely N-dealkylation sites (N-methyl/N-ethyl adjacent to an activating group) is 1. The van der Waals surface area contributed by atoms with Gasteiger partial charge >= 0.3 is 0 Å². The minimum absolute atomic E-state index is 0.291. The Hall–Kier alpha value is -2.25. The second-order valence-electron chi connectivity index (χ2n) is 7.68. The van der Waals surface area contributed by atoms with Crippen LogP contribution < -0.4 is 4.72 Å². The highest BCUT2D eigenvalue weighted by Crippen LogP contribution is 2.20. The molecule has 5 nitrogen and oxygen atoms in total. The summed E-state index contributed by atoms with van der Waals surface area (Å²) in [5.74, 6) is 0. The fraction of sp³-hybridized carbons (Fsp3) is 0.304. The Kier molecular flexibility index (Phi) is 5.96. The predicted octanol–water partition coefficient (Wildman–Crippen LogP) is 3.07. The molecule has 0 radical (unpaired) electrons. The standard InChI is InChI=1S/C23H27N3O2S/c1-25-12-14-26(15-13-25)18-22-9-5-4-8-21(22)17-24-29(27,28)23-11-10-19-6-2-3-7-20(19)16-23/h2-11,16,24H,12-15,17-18H2,1H3. The lowest BCUT2D eigenvalue weighted by atomic mass is 10.1. The Morgan fingerprint density at radius 2 is 1.48 bits per heavy atom. The van der Waals surface area contributed by atoms with Gasteiger partial charge in [-0.3, -0.25) is 4.90 Å². The third-order valence-corrected chi connectivity index (χ3v) is 6.99. The van der Waals surface area contributed by atoms with Crippen molar-refractivity contribution in [1.29, 1.82) is 0 Å². The molecule has 152 valence electrons. The van der Waals surface area contributed by atoms with E-state index in [1.54, 1.807) is 12.1 Å². The summed E-state index contributed by atoms with van der Waals surface area (Å²) in [6.45, 7) is 5.34. The fourth-order valence-electron chi connectivity index (χ4n) is 3.72. The maximum absolute atomic E-state index is 12.9. The molecule has 0 amide bonds. The van der Waals surface area contributed by atoms with E-state index in [-0.39, 0.29) is 0 Å². The summed E-state index contributed by atoms with van der Waals surface area (Å²) in [5.41, 5.74) is 2.20. The van der Waals surface area contributed by atoms with Crippen LogP contribution in [-0.2, 0) is 23.1 Å². The van der Waals surface area contributed by atoms with Crippen LogP contribution in [0.1, 0.15) is 11.1 Å². The molecule has 0 spiro atoms. The van der Waals surface area contributed by atoms with Gasteiger partial charge in [-0.25, -0.2) is 13.1 Å². The van der Waals surface area contributed by atoms with Crippen molar-refractivity contribution in [3.8, 4) is 0 Å². The molecule has 3 aromatic carbocycles. The molecule has 6 heteroatoms. The van der Waals surface area contributed by atoms with Gasteiger partial charge in [-0.2, -0.15) is 0 Å². The zero-order valence-corrected chi connectivity index (χ0v) is 17.5. The molecule has 4 rings (SSSR count). The first kappa shape index (κ1) is 20.0. The van der Waals surface area contributed by atoms with Crippen LogP contribution in [0.3, 0.4) is 0 Å². The molecule has 1 fully saturated rings. The van der Waals surface area contributed by atoms with Crippen molar-refractivity contribution in [2.75, 3.05) is 33.2 Å². The van der Waals surface area contributed by atoms with Crippen molar-refractivity contribution >= 4 is 20.8 Å². The molecular weight excluding hydrogens is 382 g/mol. The number of rotatable bonds is 6. The molecule has 0 bridgehead atoms. The highest BCUT2D eigenvalue weighted by molar-refractivity contribution is 7.89. The largest absolute Gasteiger partial charge is 0.304 e. The van der Waals surface area contributed by atoms with Gasteiger partial charge in [0.1, 0.15) is 0 Å². The normalized spacial score (nSPS) is 16.3. The highest BCUT2D eigenvalue weighted by Gasteiger charge is 2.17. The quantitative estimate of drug-likeness (QED) is 0.680. The Morgan fingerprint density at radius 3 is 2.24 bits per heavy atom. The molecule has 1 saturated heterocycles. The van der Waals surface area contributed by atoms with E-state index < -0.39 is 10.0 Å². The van der Waals surface area contributed by atoms with Crippen molar-refractivity contribution in [3.05, 3.63) is 77.9 Å². The molecule has 1 aliphatic heterocycles. The summed E-state index contributed by atoms with van der Waals surface area (Å²) in [7, 11) is -1.43. The first-order valence-corrected chi connectivity index (χ1v) is 11.5. The van der Waals surface area contributed by atoms with E-state index in [0.29, 0.717) is 11.4 Å². The number of hydrogen-bond acceptors (Lipinski definition) is 4. The SMILES string of the molecule is CN1CCN(Cc2ccccc2CNS(=O)(=O)c2ccc3ccccc3c2)CC1. The minimum atomic E-state index is -3.58. The summed E-state index contributed by atoms with van der Waals surface area (Å²) in [5, 5.41) is 1.95. The molecule has 0 aliphatic carbocycles. The van der Waals surface area contributed by atoms with Gasteiger partial charge < -0.3 is 4.90 Å². The summed E-state index contributed by atoms with van der Waals surface area (Å²) < 4.78 is 28.5. The van der Waals surface area contributed by atoms with Gasteiger partial charge in [-0.15, -0.1) is 0 Å². The van der Waals surface area contributed by atoms with Crippen molar-refractivity contribution < 1.29 is 8.42 Å². The Labute approximate surface area is 173 Å². The zero-order valence-electron chi connectivity index (χ0n) is 16.7. The molecule has 0 unspecified atom stereocenters. The molecule has 3 aromatic rings. The average Bonchev–Trinajstić information content (AvgIpc) is 2.74. The second kappa shape index (κ2) is 8.63. The van der Waals surface area contributed by atoms with E-state index in [1.165, 1.54) is 5.56 Å². The van der Waals surface area contributed by atoms with Gasteiger partial charge in [0, 0.05) is 39.3 Å². The molecule has 0 atom stereocenters. The lowest BCUT2D eigenvalue weighted by Gasteiger charge is -2.32. The first-order chi connectivity index (χ1) is 14.0. The Balaban J connectivity index is 1.47. The van der Waals surface area contributed by atoms with Crippen LogP contribution in [0.5, 0.6) is 0 Å². The van der Waals surface area contributed by atoms with E-state index in [0.717, 1.165) is 49.1 Å². The van der Waals surface area contributed by atoms with Gasteiger partial charge in [0.05, 0.1) is 4.90 Å². The number of fused-ring (bicyclic) bond motifs is 1. The lowest BCUT2D eigenvalue weighted by molar-refractivity contribution is 0.148. The topological polar surface area (TPSA) is 52.6 Å². The summed E-state index contributed by atoms with van der Waals surface area (Å²) in [6, 6.07) is 21.1. The third kappa shape index (κ3) is 4.85. The second-order valence-corrected chi connectivity index (χ2v) is 9.45. The number of nitrogens with zero attached hydrogens (tertiary/aromatic N) is 2. The molecule has 1 heterocycles. The monoisotopic (exact) mass is 409 g/mol. The van der Waals surface area contributed by atoms with E-state index in [9.17, 15) is 8.42 Å². The van der Waals surface area contributed by atoms with Gasteiger partial charge in [0.2, 0.25) is 10.0 Å². The molecule has 0 aromatic heterocycles. The van der Waals surface area contributed by atoms with Crippen molar-refractivity contribution in [1.82, 2.24) is 14.5 Å². The zero-order chi connectivity index (χ0) is 20.3. The summed E-state index contributed by atoms with van der Waals surface area (Å²) >= 11 is 0. The maximum atomic E-state index is 12.9. The maximum Gasteiger partial charge on any atom is 0.240 e. The van der Waals surface area contributed by atoms with E-state index in [4.69, 9.17) is 0 Å². The van der Waals surface area contributed by atoms with E-state index in [1.807, 2.05) is 48.5 Å². The average molecular weight is 410 g/mol. The molecule has 1 aliphatic rings. The smallest absolute Gasteiger partial charge is 0.240 e. The molecule has 29 heavy (non-hydrogen) atoms. The van der Waals surface area contributed by atoms with Crippen LogP contribution in [0.25, 0.3) is 10.8 Å². The van der Waals surface area contributed by atoms with Crippen molar-refractivity contribution in [2.24, 2.45) is 0 Å². The number of sulfonamides is 1. The summed E-state index contributed by atoms with van der Waals surface area (Å²) in [4.78, 5) is 5.06. The third-order valence-electron chi connectivity index (χ3n) is 5.59. The minimum Gasteiger partial charge on any atom is -0.304 e. The number of nitrogens with one attached hydrogen (secondary N) is 1. The number of hydrogen-bond donors (Lipinski definition) is 1. The van der Waals surface area contributed by atoms with Crippen LogP contribution in [0.15, 0.2) is 71.6 Å². The van der Waals surface area contributed by atoms with Crippen LogP contribution in [-0.4, -0.2) is 51.4 Å². The van der Waals surface area contributed by atoms with Crippen LogP contribution in [0, 0.1) is 0 Å². The summed E-state index contributed by atoms with van der Waals surface area (Å²) in [6.07, 6.45) is 0. The lowest BCUT2D eigenvalue weighted by Crippen LogP contribution is -2.44. The fourth-order valence-corrected chi connectivity index (χ4v) is 4.76. The Bertz CT molecular complexity index is 1090. The van der Waals surface area contributed by atoms with Crippen LogP contribution in [0.2, 0.25) is 0 Å². The van der Waals surface area contributed by atoms with Gasteiger partial charge in [0.15, 0.2) is 0 Å². The molecular formula is C23H27N3O2S. The molecule has 1 N–H and O–H groups in total. The van der Waals surface area contributed by atoms with Crippen molar-refractivity contribution in [3.63, 3.8) is 0 Å². The van der Waals surface area contributed by atoms with Crippen LogP contribution in [0.4, 0.5) is 0 Å². The van der Waals surface area contributed by atoms with Crippen LogP contribution >= 0.6 is 0 Å². The van der Waals surface area contributed by atoms with Crippen molar-refractivity contribution in [2.45, 2.75) is 18.0 Å². The first-order valence-electron chi connectivity index (χ1n) is 9.97. The van der Waals surface area contributed by atoms with Gasteiger partial charge in [-0.1, -0.05) is 54.6 Å².